The van der Waals surface area contributed by atoms with Crippen molar-refractivity contribution in [3.63, 3.8) is 0 Å². The van der Waals surface area contributed by atoms with Gasteiger partial charge in [0, 0.05) is 18.1 Å². The number of hydrogen-bond acceptors (Lipinski definition) is 7. The van der Waals surface area contributed by atoms with Crippen LogP contribution in [0.5, 0.6) is 0 Å². The van der Waals surface area contributed by atoms with Crippen LogP contribution >= 0.6 is 0 Å². The van der Waals surface area contributed by atoms with Gasteiger partial charge in [-0.3, -0.25) is 0 Å². The molecule has 2 atom stereocenters. The zero-order chi connectivity index (χ0) is 22.0. The summed E-state index contributed by atoms with van der Waals surface area (Å²) in [5.41, 5.74) is 4.67. The summed E-state index contributed by atoms with van der Waals surface area (Å²) in [7, 11) is 0. The van der Waals surface area contributed by atoms with Crippen LogP contribution in [-0.2, 0) is 16.0 Å². The van der Waals surface area contributed by atoms with Crippen LogP contribution in [0.15, 0.2) is 65.8 Å². The van der Waals surface area contributed by atoms with Gasteiger partial charge < -0.3 is 9.26 Å². The van der Waals surface area contributed by atoms with E-state index in [1.165, 1.54) is 6.39 Å². The van der Waals surface area contributed by atoms with Crippen molar-refractivity contribution in [3.8, 4) is 17.1 Å². The quantitative estimate of drug-likeness (QED) is 0.342. The fourth-order valence-electron chi connectivity index (χ4n) is 4.38. The highest BCUT2D eigenvalue weighted by Gasteiger charge is 2.44. The van der Waals surface area contributed by atoms with Gasteiger partial charge in [-0.15, -0.1) is 4.80 Å². The Morgan fingerprint density at radius 1 is 1.19 bits per heavy atom. The second-order valence-corrected chi connectivity index (χ2v) is 7.96. The lowest BCUT2D eigenvalue weighted by Gasteiger charge is -2.42. The first kappa shape index (κ1) is 20.2. The zero-order valence-corrected chi connectivity index (χ0v) is 17.7. The molecule has 162 valence electrons. The summed E-state index contributed by atoms with van der Waals surface area (Å²) in [6.07, 6.45) is 6.26. The minimum Gasteiger partial charge on any atom is -0.369 e. The molecule has 0 bridgehead atoms. The third kappa shape index (κ3) is 3.61. The zero-order valence-electron chi connectivity index (χ0n) is 17.7. The molecule has 1 fully saturated rings. The lowest BCUT2D eigenvalue weighted by Crippen LogP contribution is -2.63. The lowest BCUT2D eigenvalue weighted by molar-refractivity contribution is -0.125. The molecule has 4 aromatic rings. The predicted octanol–water partition coefficient (Wildman–Crippen LogP) is 2.73. The molecule has 0 spiro atoms. The number of carbonyl (C=O) groups is 1. The van der Waals surface area contributed by atoms with E-state index >= 15 is 0 Å². The van der Waals surface area contributed by atoms with Gasteiger partial charge in [0.05, 0.1) is 19.0 Å². The van der Waals surface area contributed by atoms with Gasteiger partial charge in [-0.05, 0) is 30.2 Å². The molecule has 0 radical (unpaired) electrons. The first-order chi connectivity index (χ1) is 15.7. The molecular formula is C23H23N6O3+. The molecule has 1 unspecified atom stereocenters. The molecule has 3 heterocycles. The van der Waals surface area contributed by atoms with Crippen LogP contribution in [0.25, 0.3) is 17.1 Å². The third-order valence-electron chi connectivity index (χ3n) is 5.99. The molecular weight excluding hydrogens is 408 g/mol. The first-order valence-corrected chi connectivity index (χ1v) is 10.4. The van der Waals surface area contributed by atoms with Crippen LogP contribution < -0.4 is 4.48 Å². The standard InChI is InChI=1S/C23H23N6O3/c1-17-5-6-22(21(11-17)28-25-7-8-26-28)29(16-30)9-10-31-14-20(29)13-18-3-2-4-19(12-18)23-24-15-32-27-23/h2-8,11-12,15-16,20H,9-10,13-14H2,1H3/q+1/t20-,29?/m1/s1. The van der Waals surface area contributed by atoms with Crippen molar-refractivity contribution in [2.75, 3.05) is 19.8 Å². The molecule has 0 saturated carbocycles. The van der Waals surface area contributed by atoms with E-state index in [2.05, 4.69) is 20.3 Å². The number of nitrogens with zero attached hydrogens (tertiary/aromatic N) is 6. The van der Waals surface area contributed by atoms with E-state index in [-0.39, 0.29) is 10.5 Å². The SMILES string of the molecule is Cc1ccc([N+]2(C=O)CCOC[C@H]2Cc2cccc(-c3ncon3)c2)c(-n2nccn2)c1. The number of hydrogen-bond donors (Lipinski definition) is 0. The van der Waals surface area contributed by atoms with Crippen LogP contribution in [0.2, 0.25) is 0 Å². The molecule has 9 heteroatoms. The number of aryl methyl sites for hydroxylation is 1. The number of amides is 1. The number of rotatable bonds is 6. The molecule has 0 N–H and O–H groups in total. The van der Waals surface area contributed by atoms with E-state index in [1.807, 2.05) is 49.4 Å². The largest absolute Gasteiger partial charge is 0.369 e. The predicted molar refractivity (Wildman–Crippen MR) is 117 cm³/mol. The number of ether oxygens (including phenoxy) is 1. The third-order valence-corrected chi connectivity index (χ3v) is 5.99. The van der Waals surface area contributed by atoms with Crippen LogP contribution in [0, 0.1) is 6.92 Å². The molecule has 2 aromatic carbocycles. The van der Waals surface area contributed by atoms with Crippen molar-refractivity contribution >= 4 is 12.1 Å². The van der Waals surface area contributed by atoms with Crippen molar-refractivity contribution in [1.29, 1.82) is 0 Å². The Morgan fingerprint density at radius 3 is 2.84 bits per heavy atom. The minimum absolute atomic E-state index is 0.112. The molecule has 32 heavy (non-hydrogen) atoms. The number of carbonyl (C=O) groups excluding carboxylic acids is 1. The summed E-state index contributed by atoms with van der Waals surface area (Å²) in [5, 5.41) is 12.6. The Bertz CT molecular complexity index is 1210. The van der Waals surface area contributed by atoms with Gasteiger partial charge in [-0.1, -0.05) is 29.4 Å². The highest BCUT2D eigenvalue weighted by molar-refractivity contribution is 5.76. The number of benzene rings is 2. The fraction of sp³-hybridized carbons (Fsp3) is 0.261. The second kappa shape index (κ2) is 8.45. The summed E-state index contributed by atoms with van der Waals surface area (Å²) in [4.78, 5) is 18.5. The van der Waals surface area contributed by atoms with E-state index in [4.69, 9.17) is 9.26 Å². The highest BCUT2D eigenvalue weighted by atomic mass is 16.5. The monoisotopic (exact) mass is 431 g/mol. The summed E-state index contributed by atoms with van der Waals surface area (Å²) < 4.78 is 10.9. The van der Waals surface area contributed by atoms with Crippen molar-refractivity contribution < 1.29 is 14.1 Å². The minimum atomic E-state index is -0.112. The van der Waals surface area contributed by atoms with E-state index < -0.39 is 0 Å². The molecule has 1 aliphatic rings. The first-order valence-electron chi connectivity index (χ1n) is 10.4. The summed E-state index contributed by atoms with van der Waals surface area (Å²) >= 11 is 0. The van der Waals surface area contributed by atoms with Gasteiger partial charge in [-0.2, -0.15) is 15.2 Å². The Kier molecular flexibility index (Phi) is 5.34. The Labute approximate surface area is 184 Å². The van der Waals surface area contributed by atoms with Crippen LogP contribution in [0.3, 0.4) is 0 Å². The maximum absolute atomic E-state index is 12.8. The van der Waals surface area contributed by atoms with E-state index in [0.717, 1.165) is 34.5 Å². The van der Waals surface area contributed by atoms with Crippen LogP contribution in [0.1, 0.15) is 11.1 Å². The molecule has 9 nitrogen and oxygen atoms in total. The second-order valence-electron chi connectivity index (χ2n) is 7.96. The summed E-state index contributed by atoms with van der Waals surface area (Å²) in [5.74, 6) is 0.536. The van der Waals surface area contributed by atoms with E-state index in [0.29, 0.717) is 32.0 Å². The molecule has 1 aliphatic heterocycles. The average Bonchev–Trinajstić information content (AvgIpc) is 3.54. The Balaban J connectivity index is 1.55. The van der Waals surface area contributed by atoms with Gasteiger partial charge >= 0.3 is 6.41 Å². The summed E-state index contributed by atoms with van der Waals surface area (Å²) in [6.45, 7) is 3.52. The molecule has 1 amide bonds. The smallest absolute Gasteiger partial charge is 0.307 e. The molecule has 5 rings (SSSR count). The lowest BCUT2D eigenvalue weighted by atomic mass is 9.98. The molecule has 0 aliphatic carbocycles. The molecule has 2 aromatic heterocycles. The number of aromatic nitrogens is 5. The van der Waals surface area contributed by atoms with Gasteiger partial charge in [-0.25, -0.2) is 9.28 Å². The van der Waals surface area contributed by atoms with Crippen LogP contribution in [-0.4, -0.2) is 57.3 Å². The van der Waals surface area contributed by atoms with Crippen molar-refractivity contribution in [2.45, 2.75) is 19.4 Å². The fourth-order valence-corrected chi connectivity index (χ4v) is 4.38. The maximum atomic E-state index is 12.8. The topological polar surface area (TPSA) is 95.9 Å². The van der Waals surface area contributed by atoms with E-state index in [1.54, 1.807) is 17.2 Å². The average molecular weight is 431 g/mol. The van der Waals surface area contributed by atoms with E-state index in [9.17, 15) is 4.79 Å². The van der Waals surface area contributed by atoms with Crippen molar-refractivity contribution in [1.82, 2.24) is 29.6 Å². The Morgan fingerprint density at radius 2 is 2.06 bits per heavy atom. The van der Waals surface area contributed by atoms with Gasteiger partial charge in [0.1, 0.15) is 24.9 Å². The Hall–Kier alpha value is -3.69. The van der Waals surface area contributed by atoms with Gasteiger partial charge in [0.25, 0.3) is 0 Å². The van der Waals surface area contributed by atoms with Gasteiger partial charge in [0.15, 0.2) is 5.69 Å². The highest BCUT2D eigenvalue weighted by Crippen LogP contribution is 2.35. The van der Waals surface area contributed by atoms with Crippen molar-refractivity contribution in [2.24, 2.45) is 0 Å². The molecule has 1 saturated heterocycles. The number of quaternary nitrogens is 1. The number of morpholine rings is 1. The van der Waals surface area contributed by atoms with Crippen molar-refractivity contribution in [3.05, 3.63) is 72.4 Å². The summed E-state index contributed by atoms with van der Waals surface area (Å²) in [6, 6.07) is 13.9. The normalized spacial score (nSPS) is 20.8. The van der Waals surface area contributed by atoms with Crippen LogP contribution in [0.4, 0.5) is 5.69 Å². The van der Waals surface area contributed by atoms with Gasteiger partial charge in [0.2, 0.25) is 12.2 Å². The maximum Gasteiger partial charge on any atom is 0.307 e.